The number of ether oxygens (including phenoxy) is 1. The van der Waals surface area contributed by atoms with Crippen molar-refractivity contribution < 1.29 is 14.6 Å². The number of hydrogen-bond donors (Lipinski definition) is 1. The number of aliphatic hydroxyl groups is 1. The molecular weight excluding hydrogens is 242 g/mol. The lowest BCUT2D eigenvalue weighted by Gasteiger charge is -2.18. The number of rotatable bonds is 5. The Hall–Kier alpha value is -1.39. The van der Waals surface area contributed by atoms with E-state index in [1.54, 1.807) is 13.0 Å². The fraction of sp³-hybridized carbons (Fsp3) is 0.533. The lowest BCUT2D eigenvalue weighted by molar-refractivity contribution is 0.101. The van der Waals surface area contributed by atoms with Crippen LogP contribution in [0.1, 0.15) is 36.2 Å². The maximum absolute atomic E-state index is 11.5. The molecule has 1 aromatic carbocycles. The monoisotopic (exact) mass is 263 g/mol. The summed E-state index contributed by atoms with van der Waals surface area (Å²) in [6.07, 6.45) is 0.586. The Morgan fingerprint density at radius 2 is 2.32 bits per heavy atom. The number of aliphatic hydroxyl groups excluding tert-OH is 1. The van der Waals surface area contributed by atoms with Crippen molar-refractivity contribution in [3.63, 3.8) is 0 Å². The van der Waals surface area contributed by atoms with Crippen LogP contribution in [0.15, 0.2) is 18.2 Å². The van der Waals surface area contributed by atoms with Crippen LogP contribution >= 0.6 is 0 Å². The highest BCUT2D eigenvalue weighted by Crippen LogP contribution is 2.24. The fourth-order valence-corrected chi connectivity index (χ4v) is 2.42. The van der Waals surface area contributed by atoms with Crippen LogP contribution in [0.4, 0.5) is 0 Å². The molecule has 104 valence electrons. The molecule has 1 aliphatic rings. The molecule has 0 spiro atoms. The molecule has 0 amide bonds. The van der Waals surface area contributed by atoms with Gasteiger partial charge in [0.25, 0.3) is 0 Å². The molecule has 1 fully saturated rings. The molecule has 0 aromatic heterocycles. The summed E-state index contributed by atoms with van der Waals surface area (Å²) in [6.45, 7) is 6.41. The van der Waals surface area contributed by atoms with Gasteiger partial charge in [-0.05, 0) is 38.5 Å². The van der Waals surface area contributed by atoms with Crippen molar-refractivity contribution in [2.45, 2.75) is 32.9 Å². The first kappa shape index (κ1) is 14.0. The van der Waals surface area contributed by atoms with Gasteiger partial charge in [0.15, 0.2) is 5.78 Å². The highest BCUT2D eigenvalue weighted by molar-refractivity contribution is 5.94. The van der Waals surface area contributed by atoms with Crippen LogP contribution < -0.4 is 4.74 Å². The van der Waals surface area contributed by atoms with Gasteiger partial charge in [-0.2, -0.15) is 0 Å². The van der Waals surface area contributed by atoms with Crippen molar-refractivity contribution in [2.75, 3.05) is 19.7 Å². The standard InChI is InChI=1S/C15H21NO3/c1-3-19-15-5-4-12(11(2)17)8-13(15)9-16-7-6-14(18)10-16/h4-5,8,14,18H,3,6-7,9-10H2,1-2H3. The van der Waals surface area contributed by atoms with Crippen LogP contribution in [-0.2, 0) is 6.54 Å². The summed E-state index contributed by atoms with van der Waals surface area (Å²) in [7, 11) is 0. The van der Waals surface area contributed by atoms with E-state index in [2.05, 4.69) is 4.90 Å². The second-order valence-corrected chi connectivity index (χ2v) is 4.99. The molecule has 0 saturated carbocycles. The summed E-state index contributed by atoms with van der Waals surface area (Å²) in [5, 5.41) is 9.57. The molecule has 1 unspecified atom stereocenters. The van der Waals surface area contributed by atoms with Gasteiger partial charge in [-0.1, -0.05) is 0 Å². The molecule has 0 bridgehead atoms. The Labute approximate surface area is 114 Å². The predicted octanol–water partition coefficient (Wildman–Crippen LogP) is 1.85. The molecule has 0 aliphatic carbocycles. The van der Waals surface area contributed by atoms with E-state index in [0.29, 0.717) is 25.3 Å². The quantitative estimate of drug-likeness (QED) is 0.824. The average Bonchev–Trinajstić information content (AvgIpc) is 2.77. The maximum Gasteiger partial charge on any atom is 0.159 e. The molecule has 2 rings (SSSR count). The molecule has 1 aromatic rings. The van der Waals surface area contributed by atoms with Crippen molar-refractivity contribution in [2.24, 2.45) is 0 Å². The van der Waals surface area contributed by atoms with Crippen molar-refractivity contribution in [1.82, 2.24) is 4.90 Å². The smallest absolute Gasteiger partial charge is 0.159 e. The molecule has 4 heteroatoms. The summed E-state index contributed by atoms with van der Waals surface area (Å²) in [6, 6.07) is 5.57. The zero-order valence-corrected chi connectivity index (χ0v) is 11.6. The molecule has 1 aliphatic heterocycles. The third-order valence-electron chi connectivity index (χ3n) is 3.41. The minimum absolute atomic E-state index is 0.0609. The minimum atomic E-state index is -0.230. The molecule has 1 heterocycles. The average molecular weight is 263 g/mol. The molecule has 0 radical (unpaired) electrons. The van der Waals surface area contributed by atoms with E-state index in [9.17, 15) is 9.90 Å². The van der Waals surface area contributed by atoms with Gasteiger partial charge >= 0.3 is 0 Å². The Morgan fingerprint density at radius 3 is 2.89 bits per heavy atom. The van der Waals surface area contributed by atoms with Crippen molar-refractivity contribution in [3.05, 3.63) is 29.3 Å². The van der Waals surface area contributed by atoms with Crippen LogP contribution in [0.5, 0.6) is 5.75 Å². The van der Waals surface area contributed by atoms with Gasteiger partial charge in [0.1, 0.15) is 5.75 Å². The zero-order chi connectivity index (χ0) is 13.8. The van der Waals surface area contributed by atoms with Gasteiger partial charge in [-0.15, -0.1) is 0 Å². The third kappa shape index (κ3) is 3.55. The number of β-amino-alcohol motifs (C(OH)–C–C–N with tert-alkyl or cyclic N) is 1. The first-order valence-electron chi connectivity index (χ1n) is 6.77. The second kappa shape index (κ2) is 6.17. The number of ketones is 1. The lowest BCUT2D eigenvalue weighted by atomic mass is 10.1. The first-order valence-corrected chi connectivity index (χ1v) is 6.77. The van der Waals surface area contributed by atoms with Gasteiger partial charge in [0, 0.05) is 30.8 Å². The normalized spacial score (nSPS) is 19.6. The molecule has 4 nitrogen and oxygen atoms in total. The van der Waals surface area contributed by atoms with E-state index in [-0.39, 0.29) is 11.9 Å². The fourth-order valence-electron chi connectivity index (χ4n) is 2.42. The summed E-state index contributed by atoms with van der Waals surface area (Å²) in [5.41, 5.74) is 1.72. The van der Waals surface area contributed by atoms with E-state index in [1.807, 2.05) is 19.1 Å². The Bertz CT molecular complexity index is 459. The lowest BCUT2D eigenvalue weighted by Crippen LogP contribution is -2.22. The Balaban J connectivity index is 2.19. The van der Waals surface area contributed by atoms with Crippen molar-refractivity contribution in [3.8, 4) is 5.75 Å². The highest BCUT2D eigenvalue weighted by atomic mass is 16.5. The van der Waals surface area contributed by atoms with Crippen LogP contribution in [0, 0.1) is 0 Å². The van der Waals surface area contributed by atoms with Crippen LogP contribution in [0.25, 0.3) is 0 Å². The van der Waals surface area contributed by atoms with E-state index in [1.165, 1.54) is 0 Å². The van der Waals surface area contributed by atoms with E-state index in [0.717, 1.165) is 24.3 Å². The largest absolute Gasteiger partial charge is 0.494 e. The Kier molecular flexibility index (Phi) is 4.56. The third-order valence-corrected chi connectivity index (χ3v) is 3.41. The van der Waals surface area contributed by atoms with Crippen LogP contribution in [-0.4, -0.2) is 41.6 Å². The predicted molar refractivity (Wildman–Crippen MR) is 73.5 cm³/mol. The summed E-state index contributed by atoms with van der Waals surface area (Å²) < 4.78 is 5.61. The zero-order valence-electron chi connectivity index (χ0n) is 11.6. The van der Waals surface area contributed by atoms with Gasteiger partial charge in [0.2, 0.25) is 0 Å². The molecular formula is C15H21NO3. The number of carbonyl (C=O) groups is 1. The maximum atomic E-state index is 11.5. The molecule has 19 heavy (non-hydrogen) atoms. The Morgan fingerprint density at radius 1 is 1.53 bits per heavy atom. The number of hydrogen-bond acceptors (Lipinski definition) is 4. The minimum Gasteiger partial charge on any atom is -0.494 e. The second-order valence-electron chi connectivity index (χ2n) is 4.99. The van der Waals surface area contributed by atoms with Gasteiger partial charge in [-0.3, -0.25) is 9.69 Å². The molecule has 1 saturated heterocycles. The number of carbonyl (C=O) groups excluding carboxylic acids is 1. The van der Waals surface area contributed by atoms with Crippen LogP contribution in [0.2, 0.25) is 0 Å². The van der Waals surface area contributed by atoms with Crippen LogP contribution in [0.3, 0.4) is 0 Å². The van der Waals surface area contributed by atoms with E-state index < -0.39 is 0 Å². The first-order chi connectivity index (χ1) is 9.10. The van der Waals surface area contributed by atoms with Gasteiger partial charge in [-0.25, -0.2) is 0 Å². The molecule has 1 N–H and O–H groups in total. The number of Topliss-reactive ketones (excluding diaryl/α,β-unsaturated/α-hetero) is 1. The summed E-state index contributed by atoms with van der Waals surface area (Å²) >= 11 is 0. The van der Waals surface area contributed by atoms with Crippen molar-refractivity contribution >= 4 is 5.78 Å². The highest BCUT2D eigenvalue weighted by Gasteiger charge is 2.21. The number of nitrogens with zero attached hydrogens (tertiary/aromatic N) is 1. The van der Waals surface area contributed by atoms with Gasteiger partial charge < -0.3 is 9.84 Å². The number of benzene rings is 1. The van der Waals surface area contributed by atoms with E-state index >= 15 is 0 Å². The van der Waals surface area contributed by atoms with E-state index in [4.69, 9.17) is 4.74 Å². The topological polar surface area (TPSA) is 49.8 Å². The summed E-state index contributed by atoms with van der Waals surface area (Å²) in [5.74, 6) is 0.889. The summed E-state index contributed by atoms with van der Waals surface area (Å²) in [4.78, 5) is 13.6. The van der Waals surface area contributed by atoms with Gasteiger partial charge in [0.05, 0.1) is 12.7 Å². The molecule has 1 atom stereocenters. The number of likely N-dealkylation sites (tertiary alicyclic amines) is 1. The van der Waals surface area contributed by atoms with Crippen molar-refractivity contribution in [1.29, 1.82) is 0 Å². The SMILES string of the molecule is CCOc1ccc(C(C)=O)cc1CN1CCC(O)C1.